The molecule has 0 aromatic heterocycles. The summed E-state index contributed by atoms with van der Waals surface area (Å²) >= 11 is 0. The van der Waals surface area contributed by atoms with Gasteiger partial charge in [-0.15, -0.1) is 0 Å². The third-order valence-electron chi connectivity index (χ3n) is 4.27. The number of piperidine rings is 1. The monoisotopic (exact) mass is 239 g/mol. The minimum Gasteiger partial charge on any atom is -0.314 e. The van der Waals surface area contributed by atoms with Crippen LogP contribution in [0.15, 0.2) is 0 Å². The summed E-state index contributed by atoms with van der Waals surface area (Å²) in [5.74, 6) is 0.983. The number of likely N-dealkylation sites (tertiary alicyclic amines) is 1. The highest BCUT2D eigenvalue weighted by molar-refractivity contribution is 4.71. The van der Waals surface area contributed by atoms with E-state index in [-0.39, 0.29) is 0 Å². The van der Waals surface area contributed by atoms with E-state index < -0.39 is 0 Å². The molecule has 1 atom stereocenters. The van der Waals surface area contributed by atoms with Crippen molar-refractivity contribution in [1.29, 1.82) is 0 Å². The smallest absolute Gasteiger partial charge is 0.0107 e. The van der Waals surface area contributed by atoms with Crippen molar-refractivity contribution in [1.82, 2.24) is 15.1 Å². The molecule has 0 spiro atoms. The van der Waals surface area contributed by atoms with Crippen LogP contribution in [0.3, 0.4) is 0 Å². The summed E-state index contributed by atoms with van der Waals surface area (Å²) in [6.45, 7) is 8.87. The second-order valence-electron chi connectivity index (χ2n) is 5.86. The van der Waals surface area contributed by atoms with E-state index in [0.717, 1.165) is 5.92 Å². The van der Waals surface area contributed by atoms with Gasteiger partial charge in [-0.25, -0.2) is 0 Å². The van der Waals surface area contributed by atoms with E-state index in [1.165, 1.54) is 77.9 Å². The molecule has 0 saturated carbocycles. The van der Waals surface area contributed by atoms with Crippen molar-refractivity contribution < 1.29 is 0 Å². The third kappa shape index (κ3) is 4.94. The lowest BCUT2D eigenvalue weighted by Crippen LogP contribution is -2.43. The molecule has 2 saturated heterocycles. The molecule has 0 aromatic carbocycles. The van der Waals surface area contributed by atoms with E-state index in [9.17, 15) is 0 Å². The van der Waals surface area contributed by atoms with Gasteiger partial charge in [0, 0.05) is 32.7 Å². The fourth-order valence-corrected chi connectivity index (χ4v) is 3.21. The highest BCUT2D eigenvalue weighted by Gasteiger charge is 2.16. The molecule has 0 bridgehead atoms. The molecule has 2 aliphatic rings. The number of nitrogens with zero attached hydrogens (tertiary/aromatic N) is 2. The molecule has 2 fully saturated rings. The van der Waals surface area contributed by atoms with E-state index in [0.29, 0.717) is 0 Å². The Morgan fingerprint density at radius 3 is 2.71 bits per heavy atom. The van der Waals surface area contributed by atoms with Gasteiger partial charge < -0.3 is 15.1 Å². The molecule has 100 valence electrons. The van der Waals surface area contributed by atoms with Crippen molar-refractivity contribution >= 4 is 0 Å². The van der Waals surface area contributed by atoms with Crippen LogP contribution in [0.2, 0.25) is 0 Å². The number of hydrogen-bond acceptors (Lipinski definition) is 3. The molecule has 3 heteroatoms. The number of piperazine rings is 1. The maximum atomic E-state index is 3.41. The molecule has 0 aliphatic carbocycles. The summed E-state index contributed by atoms with van der Waals surface area (Å²) in [6, 6.07) is 0. The van der Waals surface area contributed by atoms with Crippen molar-refractivity contribution in [3.8, 4) is 0 Å². The molecule has 2 rings (SSSR count). The summed E-state index contributed by atoms with van der Waals surface area (Å²) in [5.41, 5.74) is 0. The lowest BCUT2D eigenvalue weighted by Gasteiger charge is -2.30. The lowest BCUT2D eigenvalue weighted by molar-refractivity contribution is 0.193. The van der Waals surface area contributed by atoms with Gasteiger partial charge >= 0.3 is 0 Å². The third-order valence-corrected chi connectivity index (χ3v) is 4.27. The van der Waals surface area contributed by atoms with Gasteiger partial charge in [0.15, 0.2) is 0 Å². The molecule has 0 radical (unpaired) electrons. The molecular formula is C14H29N3. The molecular weight excluding hydrogens is 210 g/mol. The Hall–Kier alpha value is -0.120. The minimum absolute atomic E-state index is 0.983. The molecule has 1 unspecified atom stereocenters. The molecule has 17 heavy (non-hydrogen) atoms. The summed E-state index contributed by atoms with van der Waals surface area (Å²) < 4.78 is 0. The Balaban J connectivity index is 1.50. The average Bonchev–Trinajstić information content (AvgIpc) is 2.36. The number of nitrogens with one attached hydrogen (secondary N) is 1. The van der Waals surface area contributed by atoms with Crippen molar-refractivity contribution in [2.45, 2.75) is 32.1 Å². The molecule has 0 amide bonds. The van der Waals surface area contributed by atoms with Gasteiger partial charge in [-0.3, -0.25) is 0 Å². The fraction of sp³-hybridized carbons (Fsp3) is 1.00. The van der Waals surface area contributed by atoms with Crippen molar-refractivity contribution in [3.05, 3.63) is 0 Å². The normalized spacial score (nSPS) is 28.4. The topological polar surface area (TPSA) is 18.5 Å². The van der Waals surface area contributed by atoms with Gasteiger partial charge in [-0.2, -0.15) is 0 Å². The Labute approximate surface area is 107 Å². The lowest BCUT2D eigenvalue weighted by atomic mass is 9.93. The van der Waals surface area contributed by atoms with E-state index in [1.54, 1.807) is 0 Å². The largest absolute Gasteiger partial charge is 0.314 e. The van der Waals surface area contributed by atoms with Gasteiger partial charge in [0.1, 0.15) is 0 Å². The van der Waals surface area contributed by atoms with Gasteiger partial charge in [0.05, 0.1) is 0 Å². The molecule has 0 aromatic rings. The molecule has 2 heterocycles. The predicted octanol–water partition coefficient (Wildman–Crippen LogP) is 1.40. The zero-order valence-electron chi connectivity index (χ0n) is 11.5. The van der Waals surface area contributed by atoms with Crippen LogP contribution in [0, 0.1) is 5.92 Å². The maximum absolute atomic E-state index is 3.41. The van der Waals surface area contributed by atoms with Crippen LogP contribution in [0.1, 0.15) is 32.1 Å². The van der Waals surface area contributed by atoms with Crippen LogP contribution >= 0.6 is 0 Å². The zero-order valence-corrected chi connectivity index (χ0v) is 11.5. The highest BCUT2D eigenvalue weighted by atomic mass is 15.2. The molecule has 3 nitrogen and oxygen atoms in total. The summed E-state index contributed by atoms with van der Waals surface area (Å²) in [4.78, 5) is 5.12. The van der Waals surface area contributed by atoms with Crippen LogP contribution in [-0.2, 0) is 0 Å². The average molecular weight is 239 g/mol. The van der Waals surface area contributed by atoms with E-state index in [4.69, 9.17) is 0 Å². The maximum Gasteiger partial charge on any atom is 0.0107 e. The first-order valence-electron chi connectivity index (χ1n) is 7.46. The van der Waals surface area contributed by atoms with Crippen LogP contribution in [-0.4, -0.2) is 62.7 Å². The zero-order chi connectivity index (χ0) is 11.9. The van der Waals surface area contributed by atoms with E-state index in [1.807, 2.05) is 0 Å². The van der Waals surface area contributed by atoms with E-state index >= 15 is 0 Å². The van der Waals surface area contributed by atoms with Gasteiger partial charge in [0.2, 0.25) is 0 Å². The number of rotatable bonds is 5. The fourth-order valence-electron chi connectivity index (χ4n) is 3.21. The second kappa shape index (κ2) is 7.34. The first kappa shape index (κ1) is 13.3. The van der Waals surface area contributed by atoms with Crippen molar-refractivity contribution in [2.24, 2.45) is 5.92 Å². The van der Waals surface area contributed by atoms with Crippen molar-refractivity contribution in [3.63, 3.8) is 0 Å². The van der Waals surface area contributed by atoms with Crippen LogP contribution in [0.4, 0.5) is 0 Å². The van der Waals surface area contributed by atoms with E-state index in [2.05, 4.69) is 22.2 Å². The van der Waals surface area contributed by atoms with Gasteiger partial charge in [0.25, 0.3) is 0 Å². The summed E-state index contributed by atoms with van der Waals surface area (Å²) in [7, 11) is 2.27. The first-order valence-corrected chi connectivity index (χ1v) is 7.46. The minimum atomic E-state index is 0.983. The Bertz CT molecular complexity index is 202. The Morgan fingerprint density at radius 1 is 1.12 bits per heavy atom. The summed E-state index contributed by atoms with van der Waals surface area (Å²) in [5, 5.41) is 3.41. The SMILES string of the molecule is CN1CCCC(CCCCN2CCNCC2)C1. The van der Waals surface area contributed by atoms with Gasteiger partial charge in [-0.1, -0.05) is 6.42 Å². The van der Waals surface area contributed by atoms with Crippen LogP contribution in [0.5, 0.6) is 0 Å². The van der Waals surface area contributed by atoms with Crippen LogP contribution in [0.25, 0.3) is 0 Å². The van der Waals surface area contributed by atoms with Gasteiger partial charge in [-0.05, 0) is 51.7 Å². The predicted molar refractivity (Wildman–Crippen MR) is 73.4 cm³/mol. The van der Waals surface area contributed by atoms with Crippen LogP contribution < -0.4 is 5.32 Å². The number of unbranched alkanes of at least 4 members (excludes halogenated alkanes) is 1. The van der Waals surface area contributed by atoms with Crippen molar-refractivity contribution in [2.75, 3.05) is 52.9 Å². The first-order chi connectivity index (χ1) is 8.34. The summed E-state index contributed by atoms with van der Waals surface area (Å²) in [6.07, 6.45) is 7.18. The molecule has 2 aliphatic heterocycles. The Kier molecular flexibility index (Phi) is 5.75. The standard InChI is InChI=1S/C14H29N3/c1-16-9-4-6-14(13-16)5-2-3-10-17-11-7-15-8-12-17/h14-15H,2-13H2,1H3. The highest BCUT2D eigenvalue weighted by Crippen LogP contribution is 2.20. The Morgan fingerprint density at radius 2 is 1.94 bits per heavy atom. The second-order valence-corrected chi connectivity index (χ2v) is 5.86. The number of hydrogen-bond donors (Lipinski definition) is 1. The quantitative estimate of drug-likeness (QED) is 0.732. The molecule has 1 N–H and O–H groups in total.